The van der Waals surface area contributed by atoms with Gasteiger partial charge in [0.15, 0.2) is 0 Å². The molecule has 2 heteroatoms. The van der Waals surface area contributed by atoms with Crippen molar-refractivity contribution < 1.29 is 3.73 Å². The van der Waals surface area contributed by atoms with Gasteiger partial charge in [0.2, 0.25) is 0 Å². The zero-order valence-electron chi connectivity index (χ0n) is 3.27. The van der Waals surface area contributed by atoms with Crippen LogP contribution in [0.25, 0.3) is 0 Å². The first-order valence-electron chi connectivity index (χ1n) is 1.68. The Balaban J connectivity index is 2.19. The second-order valence-corrected chi connectivity index (χ2v) is 1.37. The predicted molar refractivity (Wildman–Crippen MR) is 22.0 cm³/mol. The fourth-order valence-corrected chi connectivity index (χ4v) is 0.474. The minimum atomic E-state index is 0.861. The van der Waals surface area contributed by atoms with Crippen LogP contribution in [0.4, 0.5) is 0 Å². The Morgan fingerprint density at radius 2 is 2.40 bits per heavy atom. The van der Waals surface area contributed by atoms with E-state index in [1.165, 1.54) is 0 Å². The average Bonchev–Trinajstić information content (AvgIpc) is 1.41. The van der Waals surface area contributed by atoms with E-state index in [-0.39, 0.29) is 0 Å². The third kappa shape index (κ3) is 4.52. The average molecular weight is 134 g/mol. The van der Waals surface area contributed by atoms with E-state index in [1.54, 1.807) is 0 Å². The molecule has 0 aliphatic carbocycles. The third-order valence-electron chi connectivity index (χ3n) is 0.295. The molecule has 0 N–H and O–H groups in total. The van der Waals surface area contributed by atoms with Gasteiger partial charge in [-0.25, -0.2) is 0 Å². The van der Waals surface area contributed by atoms with E-state index in [9.17, 15) is 0 Å². The third-order valence-corrected chi connectivity index (χ3v) is 0.678. The number of rotatable bonds is 2. The Bertz CT molecular complexity index is 14.4. The molecule has 1 nitrogen and oxygen atoms in total. The second kappa shape index (κ2) is 4.52. The molecule has 30 valence electrons. The van der Waals surface area contributed by atoms with Crippen LogP contribution in [0.1, 0.15) is 13.3 Å². The maximum atomic E-state index is 4.63. The summed E-state index contributed by atoms with van der Waals surface area (Å²) in [4.78, 5) is 0. The summed E-state index contributed by atoms with van der Waals surface area (Å²) in [6, 6.07) is 0. The summed E-state index contributed by atoms with van der Waals surface area (Å²) in [5, 5.41) is 0. The normalized spacial score (nSPS) is 8.40. The molecular formula is C3H7AsO. The standard InChI is InChI=1S/C3H7AsO/c1-2-3-5-4/h2-3H2,1H3. The van der Waals surface area contributed by atoms with E-state index in [0.29, 0.717) is 0 Å². The van der Waals surface area contributed by atoms with Gasteiger partial charge in [0.05, 0.1) is 0 Å². The van der Waals surface area contributed by atoms with Gasteiger partial charge >= 0.3 is 40.9 Å². The van der Waals surface area contributed by atoms with E-state index in [0.717, 1.165) is 13.0 Å². The predicted octanol–water partition coefficient (Wildman–Crippen LogP) is 0.496. The van der Waals surface area contributed by atoms with Crippen LogP contribution < -0.4 is 0 Å². The quantitative estimate of drug-likeness (QED) is 0.499. The molecule has 0 aromatic carbocycles. The van der Waals surface area contributed by atoms with Crippen LogP contribution in [-0.4, -0.2) is 23.8 Å². The Morgan fingerprint density at radius 3 is 2.40 bits per heavy atom. The van der Waals surface area contributed by atoms with Crippen LogP contribution in [-0.2, 0) is 3.73 Å². The van der Waals surface area contributed by atoms with Gasteiger partial charge in [-0.05, 0) is 0 Å². The van der Waals surface area contributed by atoms with Crippen molar-refractivity contribution in [3.8, 4) is 0 Å². The van der Waals surface area contributed by atoms with E-state index in [2.05, 4.69) is 27.8 Å². The van der Waals surface area contributed by atoms with E-state index in [4.69, 9.17) is 0 Å². The molecule has 0 amide bonds. The molecule has 0 aromatic heterocycles. The van der Waals surface area contributed by atoms with Crippen molar-refractivity contribution in [3.63, 3.8) is 0 Å². The van der Waals surface area contributed by atoms with Crippen LogP contribution in [0.15, 0.2) is 0 Å². The fourth-order valence-electron chi connectivity index (χ4n) is 0.0913. The molecule has 5 heavy (non-hydrogen) atoms. The topological polar surface area (TPSA) is 9.23 Å². The molecule has 0 fully saturated rings. The van der Waals surface area contributed by atoms with Gasteiger partial charge in [-0.2, -0.15) is 0 Å². The second-order valence-electron chi connectivity index (χ2n) is 0.833. The summed E-state index contributed by atoms with van der Waals surface area (Å²) in [7, 11) is 0. The Kier molecular flexibility index (Phi) is 4.99. The van der Waals surface area contributed by atoms with Gasteiger partial charge < -0.3 is 0 Å². The van der Waals surface area contributed by atoms with Gasteiger partial charge in [-0.15, -0.1) is 0 Å². The number of hydrogen-bond donors (Lipinski definition) is 0. The van der Waals surface area contributed by atoms with Crippen molar-refractivity contribution in [1.29, 1.82) is 0 Å². The molecule has 0 heterocycles. The van der Waals surface area contributed by atoms with Gasteiger partial charge in [0, 0.05) is 0 Å². The van der Waals surface area contributed by atoms with E-state index >= 15 is 0 Å². The molecule has 0 atom stereocenters. The SMILES string of the molecule is CCCO[As]. The van der Waals surface area contributed by atoms with Crippen LogP contribution in [0.3, 0.4) is 0 Å². The molecule has 0 rings (SSSR count). The molecule has 0 aliphatic rings. The summed E-state index contributed by atoms with van der Waals surface area (Å²) in [6.45, 7) is 2.94. The Morgan fingerprint density at radius 1 is 1.80 bits per heavy atom. The molecule has 0 saturated heterocycles. The summed E-state index contributed by atoms with van der Waals surface area (Å²) in [6.07, 6.45) is 1.11. The van der Waals surface area contributed by atoms with Crippen molar-refractivity contribution in [2.24, 2.45) is 0 Å². The summed E-state index contributed by atoms with van der Waals surface area (Å²) < 4.78 is 4.63. The van der Waals surface area contributed by atoms with Crippen LogP contribution in [0.2, 0.25) is 0 Å². The van der Waals surface area contributed by atoms with Gasteiger partial charge in [0.1, 0.15) is 0 Å². The van der Waals surface area contributed by atoms with E-state index in [1.807, 2.05) is 0 Å². The van der Waals surface area contributed by atoms with E-state index < -0.39 is 0 Å². The van der Waals surface area contributed by atoms with Gasteiger partial charge in [0.25, 0.3) is 0 Å². The molecule has 2 radical (unpaired) electrons. The van der Waals surface area contributed by atoms with Crippen molar-refractivity contribution >= 4 is 17.2 Å². The molecular weight excluding hydrogens is 127 g/mol. The fraction of sp³-hybridized carbons (Fsp3) is 1.00. The zero-order valence-corrected chi connectivity index (χ0v) is 5.15. The summed E-state index contributed by atoms with van der Waals surface area (Å²) in [5.41, 5.74) is 0. The van der Waals surface area contributed by atoms with Crippen LogP contribution in [0, 0.1) is 0 Å². The van der Waals surface area contributed by atoms with Crippen LogP contribution >= 0.6 is 0 Å². The van der Waals surface area contributed by atoms with Gasteiger partial charge in [-0.3, -0.25) is 0 Å². The molecule has 0 unspecified atom stereocenters. The van der Waals surface area contributed by atoms with Crippen molar-refractivity contribution in [1.82, 2.24) is 0 Å². The monoisotopic (exact) mass is 134 g/mol. The maximum absolute atomic E-state index is 4.63. The van der Waals surface area contributed by atoms with Crippen molar-refractivity contribution in [2.75, 3.05) is 6.61 Å². The van der Waals surface area contributed by atoms with Crippen molar-refractivity contribution in [3.05, 3.63) is 0 Å². The molecule has 0 aromatic rings. The van der Waals surface area contributed by atoms with Gasteiger partial charge in [-0.1, -0.05) is 0 Å². The van der Waals surface area contributed by atoms with Crippen molar-refractivity contribution in [2.45, 2.75) is 13.3 Å². The summed E-state index contributed by atoms with van der Waals surface area (Å²) >= 11 is 2.08. The Labute approximate surface area is 41.6 Å². The summed E-state index contributed by atoms with van der Waals surface area (Å²) in [5.74, 6) is 0. The van der Waals surface area contributed by atoms with Crippen LogP contribution in [0.5, 0.6) is 0 Å². The molecule has 0 bridgehead atoms. The molecule has 0 spiro atoms. The first-order chi connectivity index (χ1) is 2.41. The number of hydrogen-bond acceptors (Lipinski definition) is 1. The zero-order chi connectivity index (χ0) is 4.12. The Hall–Kier alpha value is 0.518. The first kappa shape index (κ1) is 5.52. The first-order valence-corrected chi connectivity index (χ1v) is 2.44. The molecule has 0 aliphatic heterocycles. The molecule has 0 saturated carbocycles. The minimum absolute atomic E-state index is 0.861.